The van der Waals surface area contributed by atoms with Gasteiger partial charge in [0.2, 0.25) is 0 Å². The van der Waals surface area contributed by atoms with Crippen LogP contribution in [0.25, 0.3) is 0 Å². The van der Waals surface area contributed by atoms with Gasteiger partial charge in [0.05, 0.1) is 12.7 Å². The molecule has 0 amide bonds. The van der Waals surface area contributed by atoms with Gasteiger partial charge in [-0.1, -0.05) is 25.6 Å². The van der Waals surface area contributed by atoms with Crippen LogP contribution in [0.15, 0.2) is 36.4 Å². The third-order valence-electron chi connectivity index (χ3n) is 2.14. The Morgan fingerprint density at radius 2 is 2.00 bits per heavy atom. The van der Waals surface area contributed by atoms with E-state index in [2.05, 4.69) is 13.5 Å². The fourth-order valence-electron chi connectivity index (χ4n) is 1.25. The van der Waals surface area contributed by atoms with E-state index < -0.39 is 6.10 Å². The monoisotopic (exact) mass is 206 g/mol. The van der Waals surface area contributed by atoms with Crippen molar-refractivity contribution in [2.45, 2.75) is 26.4 Å². The van der Waals surface area contributed by atoms with Gasteiger partial charge in [0, 0.05) is 0 Å². The molecule has 0 saturated carbocycles. The predicted molar refractivity (Wildman–Crippen MR) is 62.0 cm³/mol. The molecule has 1 unspecified atom stereocenters. The maximum absolute atomic E-state index is 9.72. The third kappa shape index (κ3) is 3.40. The lowest BCUT2D eigenvalue weighted by molar-refractivity contribution is 0.216. The van der Waals surface area contributed by atoms with Crippen molar-refractivity contribution < 1.29 is 9.84 Å². The van der Waals surface area contributed by atoms with Gasteiger partial charge in [-0.25, -0.2) is 0 Å². The van der Waals surface area contributed by atoms with Crippen molar-refractivity contribution in [1.82, 2.24) is 0 Å². The molecule has 0 radical (unpaired) electrons. The average molecular weight is 206 g/mol. The molecular formula is C13H18O2. The number of rotatable bonds is 5. The number of aliphatic hydroxyl groups excluding tert-OH is 1. The summed E-state index contributed by atoms with van der Waals surface area (Å²) in [5, 5.41) is 9.72. The Labute approximate surface area is 91.2 Å². The normalized spacial score (nSPS) is 12.2. The summed E-state index contributed by atoms with van der Waals surface area (Å²) in [6.07, 6.45) is 0.418. The van der Waals surface area contributed by atoms with Crippen molar-refractivity contribution in [1.29, 1.82) is 0 Å². The molecule has 82 valence electrons. The van der Waals surface area contributed by atoms with Crippen LogP contribution in [0.3, 0.4) is 0 Å². The van der Waals surface area contributed by atoms with E-state index in [9.17, 15) is 5.11 Å². The zero-order valence-electron chi connectivity index (χ0n) is 9.36. The van der Waals surface area contributed by atoms with Gasteiger partial charge in [-0.05, 0) is 36.6 Å². The van der Waals surface area contributed by atoms with Crippen LogP contribution in [-0.4, -0.2) is 11.7 Å². The van der Waals surface area contributed by atoms with Crippen LogP contribution in [0, 0.1) is 0 Å². The molecule has 1 atom stereocenters. The van der Waals surface area contributed by atoms with E-state index in [0.717, 1.165) is 29.9 Å². The van der Waals surface area contributed by atoms with E-state index >= 15 is 0 Å². The largest absolute Gasteiger partial charge is 0.494 e. The van der Waals surface area contributed by atoms with Crippen LogP contribution in [0.2, 0.25) is 0 Å². The smallest absolute Gasteiger partial charge is 0.119 e. The summed E-state index contributed by atoms with van der Waals surface area (Å²) in [6.45, 7) is 8.33. The average Bonchev–Trinajstić information content (AvgIpc) is 2.26. The molecular weight excluding hydrogens is 188 g/mol. The second kappa shape index (κ2) is 5.56. The van der Waals surface area contributed by atoms with Gasteiger partial charge < -0.3 is 9.84 Å². The zero-order valence-corrected chi connectivity index (χ0v) is 9.36. The molecule has 0 aliphatic rings. The van der Waals surface area contributed by atoms with Crippen LogP contribution < -0.4 is 4.74 Å². The summed E-state index contributed by atoms with van der Waals surface area (Å²) in [5.41, 5.74) is 1.60. The van der Waals surface area contributed by atoms with Crippen molar-refractivity contribution in [2.24, 2.45) is 0 Å². The Morgan fingerprint density at radius 1 is 1.40 bits per heavy atom. The van der Waals surface area contributed by atoms with Gasteiger partial charge in [-0.2, -0.15) is 0 Å². The van der Waals surface area contributed by atoms with Crippen LogP contribution in [0.4, 0.5) is 0 Å². The van der Waals surface area contributed by atoms with Gasteiger partial charge >= 0.3 is 0 Å². The topological polar surface area (TPSA) is 29.5 Å². The van der Waals surface area contributed by atoms with E-state index in [1.165, 1.54) is 0 Å². The van der Waals surface area contributed by atoms with Gasteiger partial charge in [0.15, 0.2) is 0 Å². The minimum absolute atomic E-state index is 0.578. The SMILES string of the molecule is C=C(C)C(O)c1ccc(OCCC)cc1. The van der Waals surface area contributed by atoms with E-state index in [4.69, 9.17) is 4.74 Å². The molecule has 0 aliphatic carbocycles. The van der Waals surface area contributed by atoms with Crippen molar-refractivity contribution >= 4 is 0 Å². The number of aliphatic hydroxyl groups is 1. The van der Waals surface area contributed by atoms with Crippen molar-refractivity contribution in [3.63, 3.8) is 0 Å². The third-order valence-corrected chi connectivity index (χ3v) is 2.14. The second-order valence-electron chi connectivity index (χ2n) is 3.67. The molecule has 0 saturated heterocycles. The molecule has 0 bridgehead atoms. The van der Waals surface area contributed by atoms with Crippen molar-refractivity contribution in [2.75, 3.05) is 6.61 Å². The molecule has 1 N–H and O–H groups in total. The molecule has 1 rings (SSSR count). The van der Waals surface area contributed by atoms with Gasteiger partial charge in [-0.3, -0.25) is 0 Å². The Balaban J connectivity index is 2.67. The second-order valence-corrected chi connectivity index (χ2v) is 3.67. The molecule has 0 heterocycles. The zero-order chi connectivity index (χ0) is 11.3. The molecule has 0 spiro atoms. The van der Waals surface area contributed by atoms with Crippen LogP contribution >= 0.6 is 0 Å². The standard InChI is InChI=1S/C13H18O2/c1-4-9-15-12-7-5-11(6-8-12)13(14)10(2)3/h5-8,13-14H,2,4,9H2,1,3H3. The quantitative estimate of drug-likeness (QED) is 0.750. The first-order valence-electron chi connectivity index (χ1n) is 5.21. The summed E-state index contributed by atoms with van der Waals surface area (Å²) in [4.78, 5) is 0. The molecule has 1 aromatic rings. The predicted octanol–water partition coefficient (Wildman–Crippen LogP) is 3.08. The molecule has 0 aliphatic heterocycles. The maximum Gasteiger partial charge on any atom is 0.119 e. The molecule has 2 heteroatoms. The van der Waals surface area contributed by atoms with Gasteiger partial charge in [0.1, 0.15) is 5.75 Å². The Kier molecular flexibility index (Phi) is 4.37. The Morgan fingerprint density at radius 3 is 2.47 bits per heavy atom. The van der Waals surface area contributed by atoms with Crippen LogP contribution in [-0.2, 0) is 0 Å². The maximum atomic E-state index is 9.72. The minimum atomic E-state index is -0.578. The highest BCUT2D eigenvalue weighted by atomic mass is 16.5. The fraction of sp³-hybridized carbons (Fsp3) is 0.385. The van der Waals surface area contributed by atoms with E-state index in [1.54, 1.807) is 0 Å². The minimum Gasteiger partial charge on any atom is -0.494 e. The first kappa shape index (κ1) is 11.8. The lowest BCUT2D eigenvalue weighted by Gasteiger charge is -2.11. The first-order chi connectivity index (χ1) is 7.15. The highest BCUT2D eigenvalue weighted by Gasteiger charge is 2.07. The molecule has 15 heavy (non-hydrogen) atoms. The summed E-state index contributed by atoms with van der Waals surface area (Å²) in [6, 6.07) is 7.48. The molecule has 0 fully saturated rings. The Bertz CT molecular complexity index is 314. The fourth-order valence-corrected chi connectivity index (χ4v) is 1.25. The number of hydrogen-bond acceptors (Lipinski definition) is 2. The summed E-state index contributed by atoms with van der Waals surface area (Å²) in [5.74, 6) is 0.842. The first-order valence-corrected chi connectivity index (χ1v) is 5.21. The van der Waals surface area contributed by atoms with E-state index in [-0.39, 0.29) is 0 Å². The lowest BCUT2D eigenvalue weighted by atomic mass is 10.0. The van der Waals surface area contributed by atoms with Crippen molar-refractivity contribution in [3.05, 3.63) is 42.0 Å². The summed E-state index contributed by atoms with van der Waals surface area (Å²) >= 11 is 0. The summed E-state index contributed by atoms with van der Waals surface area (Å²) in [7, 11) is 0. The van der Waals surface area contributed by atoms with Crippen LogP contribution in [0.5, 0.6) is 5.75 Å². The lowest BCUT2D eigenvalue weighted by Crippen LogP contribution is -1.99. The Hall–Kier alpha value is -1.28. The highest BCUT2D eigenvalue weighted by Crippen LogP contribution is 2.22. The highest BCUT2D eigenvalue weighted by molar-refractivity contribution is 5.31. The number of benzene rings is 1. The molecule has 1 aromatic carbocycles. The van der Waals surface area contributed by atoms with Crippen LogP contribution in [0.1, 0.15) is 31.9 Å². The summed E-state index contributed by atoms with van der Waals surface area (Å²) < 4.78 is 5.45. The molecule has 0 aromatic heterocycles. The van der Waals surface area contributed by atoms with Crippen molar-refractivity contribution in [3.8, 4) is 5.75 Å². The van der Waals surface area contributed by atoms with Gasteiger partial charge in [-0.15, -0.1) is 0 Å². The van der Waals surface area contributed by atoms with E-state index in [0.29, 0.717) is 0 Å². The number of hydrogen-bond donors (Lipinski definition) is 1. The van der Waals surface area contributed by atoms with Gasteiger partial charge in [0.25, 0.3) is 0 Å². The molecule has 2 nitrogen and oxygen atoms in total. The van der Waals surface area contributed by atoms with E-state index in [1.807, 2.05) is 31.2 Å². The number of ether oxygens (including phenoxy) is 1.